The van der Waals surface area contributed by atoms with E-state index in [4.69, 9.17) is 9.47 Å². The first-order chi connectivity index (χ1) is 10.1. The summed E-state index contributed by atoms with van der Waals surface area (Å²) in [6.45, 7) is 1.80. The van der Waals surface area contributed by atoms with Crippen molar-refractivity contribution in [2.24, 2.45) is 11.8 Å². The monoisotopic (exact) mass is 301 g/mol. The fourth-order valence-electron chi connectivity index (χ4n) is 2.26. The number of ether oxygens (including phenoxy) is 2. The van der Waals surface area contributed by atoms with Gasteiger partial charge in [0.1, 0.15) is 6.29 Å². The van der Waals surface area contributed by atoms with Gasteiger partial charge < -0.3 is 14.3 Å². The molecule has 0 aliphatic carbocycles. The van der Waals surface area contributed by atoms with Crippen LogP contribution >= 0.6 is 0 Å². The van der Waals surface area contributed by atoms with Gasteiger partial charge in [0.2, 0.25) is 6.54 Å². The van der Waals surface area contributed by atoms with Gasteiger partial charge in [0.15, 0.2) is 6.29 Å². The van der Waals surface area contributed by atoms with E-state index in [-0.39, 0.29) is 6.54 Å². The van der Waals surface area contributed by atoms with Crippen LogP contribution in [0.2, 0.25) is 0 Å². The number of carbonyl (C=O) groups excluding carboxylic acids is 1. The van der Waals surface area contributed by atoms with Crippen molar-refractivity contribution < 1.29 is 19.2 Å². The highest BCUT2D eigenvalue weighted by molar-refractivity contribution is 5.54. The molecule has 6 heteroatoms. The molecule has 0 aromatic heterocycles. The van der Waals surface area contributed by atoms with Crippen molar-refractivity contribution in [3.63, 3.8) is 0 Å². The molecular formula is C15H27NO5. The lowest BCUT2D eigenvalue weighted by atomic mass is 9.89. The van der Waals surface area contributed by atoms with E-state index in [0.29, 0.717) is 6.42 Å². The Labute approximate surface area is 126 Å². The van der Waals surface area contributed by atoms with Crippen molar-refractivity contribution in [2.45, 2.75) is 45.3 Å². The first-order valence-electron chi connectivity index (χ1n) is 7.38. The lowest BCUT2D eigenvalue weighted by Gasteiger charge is -2.25. The molecule has 0 bridgehead atoms. The Bertz CT molecular complexity index is 315. The molecule has 0 rings (SSSR count). The Morgan fingerprint density at radius 3 is 2.33 bits per heavy atom. The zero-order valence-electron chi connectivity index (χ0n) is 13.2. The molecule has 0 unspecified atom stereocenters. The van der Waals surface area contributed by atoms with E-state index in [2.05, 4.69) is 6.92 Å². The molecular weight excluding hydrogens is 274 g/mol. The smallest absolute Gasteiger partial charge is 0.212 e. The van der Waals surface area contributed by atoms with Gasteiger partial charge in [-0.3, -0.25) is 10.1 Å². The first kappa shape index (κ1) is 19.7. The summed E-state index contributed by atoms with van der Waals surface area (Å²) in [6.07, 6.45) is 8.87. The van der Waals surface area contributed by atoms with E-state index >= 15 is 0 Å². The highest BCUT2D eigenvalue weighted by Crippen LogP contribution is 2.22. The number of carbonyl (C=O) groups is 1. The quantitative estimate of drug-likeness (QED) is 0.130. The predicted molar refractivity (Wildman–Crippen MR) is 80.6 cm³/mol. The van der Waals surface area contributed by atoms with Gasteiger partial charge in [-0.1, -0.05) is 31.9 Å². The van der Waals surface area contributed by atoms with Gasteiger partial charge in [0.25, 0.3) is 0 Å². The molecule has 122 valence electrons. The summed E-state index contributed by atoms with van der Waals surface area (Å²) in [6, 6.07) is 0. The molecule has 2 atom stereocenters. The average Bonchev–Trinajstić information content (AvgIpc) is 2.46. The van der Waals surface area contributed by atoms with Crippen LogP contribution in [0.5, 0.6) is 0 Å². The lowest BCUT2D eigenvalue weighted by molar-refractivity contribution is -0.495. The third kappa shape index (κ3) is 8.57. The van der Waals surface area contributed by atoms with E-state index in [1.54, 1.807) is 0 Å². The summed E-state index contributed by atoms with van der Waals surface area (Å²) in [4.78, 5) is 21.6. The molecule has 0 radical (unpaired) electrons. The second-order valence-corrected chi connectivity index (χ2v) is 5.02. The maximum atomic E-state index is 11.3. The van der Waals surface area contributed by atoms with Gasteiger partial charge in [-0.25, -0.2) is 0 Å². The second kappa shape index (κ2) is 12.5. The van der Waals surface area contributed by atoms with E-state index in [1.165, 1.54) is 27.1 Å². The van der Waals surface area contributed by atoms with E-state index in [0.717, 1.165) is 19.1 Å². The predicted octanol–water partition coefficient (Wildman–Crippen LogP) is 2.84. The number of unbranched alkanes of at least 4 members (excludes halogenated alkanes) is 3. The van der Waals surface area contributed by atoms with E-state index in [9.17, 15) is 14.9 Å². The zero-order chi connectivity index (χ0) is 16.1. The summed E-state index contributed by atoms with van der Waals surface area (Å²) in [5, 5.41) is 10.8. The molecule has 0 amide bonds. The van der Waals surface area contributed by atoms with Crippen molar-refractivity contribution in [1.29, 1.82) is 0 Å². The van der Waals surface area contributed by atoms with E-state index in [1.807, 2.05) is 12.2 Å². The number of nitro groups is 1. The molecule has 0 N–H and O–H groups in total. The van der Waals surface area contributed by atoms with Gasteiger partial charge in [0, 0.05) is 25.1 Å². The maximum Gasteiger partial charge on any atom is 0.212 e. The van der Waals surface area contributed by atoms with Crippen LogP contribution in [0.25, 0.3) is 0 Å². The molecule has 21 heavy (non-hydrogen) atoms. The van der Waals surface area contributed by atoms with Gasteiger partial charge >= 0.3 is 0 Å². The molecule has 0 heterocycles. The highest BCUT2D eigenvalue weighted by Gasteiger charge is 2.33. The molecule has 0 fully saturated rings. The normalized spacial score (nSPS) is 14.5. The van der Waals surface area contributed by atoms with Crippen molar-refractivity contribution in [3.8, 4) is 0 Å². The number of methoxy groups -OCH3 is 2. The summed E-state index contributed by atoms with van der Waals surface area (Å²) in [7, 11) is 2.84. The van der Waals surface area contributed by atoms with Crippen molar-refractivity contribution >= 4 is 6.29 Å². The third-order valence-electron chi connectivity index (χ3n) is 3.45. The fourth-order valence-corrected chi connectivity index (χ4v) is 2.26. The summed E-state index contributed by atoms with van der Waals surface area (Å²) in [5.74, 6) is -1.07. The van der Waals surface area contributed by atoms with Crippen LogP contribution in [0, 0.1) is 22.0 Å². The SMILES string of the molecule is CCCCC/C=C/C[C@@H](C=O)[C@H](C[N+](=O)[O-])C(OC)OC. The van der Waals surface area contributed by atoms with Crippen LogP contribution in [0.1, 0.15) is 39.0 Å². The number of hydrogen-bond acceptors (Lipinski definition) is 5. The molecule has 0 saturated carbocycles. The zero-order valence-corrected chi connectivity index (χ0v) is 13.2. The minimum atomic E-state index is -0.751. The first-order valence-corrected chi connectivity index (χ1v) is 7.38. The topological polar surface area (TPSA) is 78.7 Å². The van der Waals surface area contributed by atoms with Crippen molar-refractivity contribution in [1.82, 2.24) is 0 Å². The van der Waals surface area contributed by atoms with Crippen LogP contribution in [0.4, 0.5) is 0 Å². The Kier molecular flexibility index (Phi) is 11.7. The van der Waals surface area contributed by atoms with Crippen LogP contribution in [-0.2, 0) is 14.3 Å². The van der Waals surface area contributed by atoms with Crippen LogP contribution < -0.4 is 0 Å². The molecule has 0 aliphatic heterocycles. The molecule has 0 aromatic rings. The van der Waals surface area contributed by atoms with Crippen molar-refractivity contribution in [3.05, 3.63) is 22.3 Å². The Morgan fingerprint density at radius 2 is 1.86 bits per heavy atom. The summed E-state index contributed by atoms with van der Waals surface area (Å²) in [5.41, 5.74) is 0. The Morgan fingerprint density at radius 1 is 1.19 bits per heavy atom. The Balaban J connectivity index is 4.58. The number of allylic oxidation sites excluding steroid dienone is 2. The minimum Gasteiger partial charge on any atom is -0.355 e. The summed E-state index contributed by atoms with van der Waals surface area (Å²) >= 11 is 0. The lowest BCUT2D eigenvalue weighted by Crippen LogP contribution is -2.36. The van der Waals surface area contributed by atoms with Gasteiger partial charge in [-0.2, -0.15) is 0 Å². The molecule has 0 spiro atoms. The van der Waals surface area contributed by atoms with E-state index < -0.39 is 23.0 Å². The van der Waals surface area contributed by atoms with Crippen molar-refractivity contribution in [2.75, 3.05) is 20.8 Å². The number of hydrogen-bond donors (Lipinski definition) is 0. The molecule has 6 nitrogen and oxygen atoms in total. The van der Waals surface area contributed by atoms with Crippen LogP contribution in [0.3, 0.4) is 0 Å². The Hall–Kier alpha value is -1.27. The third-order valence-corrected chi connectivity index (χ3v) is 3.45. The summed E-state index contributed by atoms with van der Waals surface area (Å²) < 4.78 is 10.2. The van der Waals surface area contributed by atoms with Gasteiger partial charge in [-0.05, 0) is 19.3 Å². The standard InChI is InChI=1S/C15H27NO5/c1-4-5-6-7-8-9-10-13(12-17)14(11-16(18)19)15(20-2)21-3/h8-9,12-15H,4-7,10-11H2,1-3H3/b9-8+/t13-,14-/m0/s1. The molecule has 0 saturated heterocycles. The van der Waals surface area contributed by atoms with Crippen LogP contribution in [0.15, 0.2) is 12.2 Å². The minimum absolute atomic E-state index is 0.348. The average molecular weight is 301 g/mol. The van der Waals surface area contributed by atoms with Gasteiger partial charge in [0.05, 0.1) is 5.92 Å². The van der Waals surface area contributed by atoms with Gasteiger partial charge in [-0.15, -0.1) is 0 Å². The largest absolute Gasteiger partial charge is 0.355 e. The fraction of sp³-hybridized carbons (Fsp3) is 0.800. The maximum absolute atomic E-state index is 11.3. The second-order valence-electron chi connectivity index (χ2n) is 5.02. The molecule has 0 aromatic carbocycles. The molecule has 0 aliphatic rings. The van der Waals surface area contributed by atoms with Crippen LogP contribution in [-0.4, -0.2) is 38.3 Å². The highest BCUT2D eigenvalue weighted by atomic mass is 16.7. The number of rotatable bonds is 13. The number of aldehydes is 1. The number of nitrogens with zero attached hydrogens (tertiary/aromatic N) is 1.